The molecule has 0 aliphatic carbocycles. The van der Waals surface area contributed by atoms with Crippen LogP contribution in [0, 0.1) is 6.07 Å². The molecule has 1 aromatic carbocycles. The van der Waals surface area contributed by atoms with E-state index in [1.54, 1.807) is 0 Å². The number of hydrogen-bond donors (Lipinski definition) is 0. The van der Waals surface area contributed by atoms with E-state index in [-0.39, 0.29) is 21.1 Å². The molecule has 0 aliphatic heterocycles. The van der Waals surface area contributed by atoms with E-state index < -0.39 is 0 Å². The summed E-state index contributed by atoms with van der Waals surface area (Å²) in [6.45, 7) is 8.34. The standard InChI is InChI=1S/C9H11.C2H6.W/c1-8(2)9-6-4-3-5-7-9;1-2;/h3-6,8H,1-2H3;1-2H3;/q-1;;. The van der Waals surface area contributed by atoms with Crippen molar-refractivity contribution in [2.75, 3.05) is 0 Å². The smallest absolute Gasteiger partial charge is 0 e. The normalized spacial score (nSPS) is 8.08. The molecule has 1 rings (SSSR count). The Kier molecular flexibility index (Phi) is 10.8. The van der Waals surface area contributed by atoms with E-state index in [9.17, 15) is 0 Å². The molecule has 0 radical (unpaired) electrons. The van der Waals surface area contributed by atoms with Crippen LogP contribution < -0.4 is 0 Å². The van der Waals surface area contributed by atoms with Gasteiger partial charge in [0, 0.05) is 21.1 Å². The van der Waals surface area contributed by atoms with Crippen molar-refractivity contribution in [2.45, 2.75) is 33.6 Å². The maximum absolute atomic E-state index is 3.17. The average Bonchev–Trinajstić information content (AvgIpc) is 2.10. The first-order valence-corrected chi connectivity index (χ1v) is 4.27. The van der Waals surface area contributed by atoms with Gasteiger partial charge < -0.3 is 0 Å². The first-order chi connectivity index (χ1) is 5.30. The van der Waals surface area contributed by atoms with Gasteiger partial charge in [-0.25, -0.2) is 0 Å². The van der Waals surface area contributed by atoms with Gasteiger partial charge in [-0.2, -0.15) is 35.9 Å². The van der Waals surface area contributed by atoms with Crippen LogP contribution in [-0.2, 0) is 21.1 Å². The quantitative estimate of drug-likeness (QED) is 0.689. The monoisotopic (exact) mass is 333 g/mol. The molecule has 0 heterocycles. The minimum atomic E-state index is 0. The molecule has 0 nitrogen and oxygen atoms in total. The van der Waals surface area contributed by atoms with Gasteiger partial charge in [-0.15, -0.1) is 0 Å². The van der Waals surface area contributed by atoms with Crippen molar-refractivity contribution < 1.29 is 21.1 Å². The molecule has 0 aromatic heterocycles. The van der Waals surface area contributed by atoms with Crippen LogP contribution >= 0.6 is 0 Å². The third-order valence-electron chi connectivity index (χ3n) is 1.36. The molecule has 0 saturated heterocycles. The summed E-state index contributed by atoms with van der Waals surface area (Å²) in [6, 6.07) is 11.3. The van der Waals surface area contributed by atoms with Gasteiger partial charge in [-0.05, 0) is 5.92 Å². The summed E-state index contributed by atoms with van der Waals surface area (Å²) in [5.41, 5.74) is 1.29. The molecule has 0 saturated carbocycles. The molecule has 12 heavy (non-hydrogen) atoms. The Morgan fingerprint density at radius 3 is 2.00 bits per heavy atom. The van der Waals surface area contributed by atoms with Gasteiger partial charge in [-0.3, -0.25) is 0 Å². The maximum Gasteiger partial charge on any atom is 0 e. The molecule has 0 amide bonds. The van der Waals surface area contributed by atoms with Crippen LogP contribution in [0.25, 0.3) is 0 Å². The first kappa shape index (κ1) is 14.4. The van der Waals surface area contributed by atoms with Crippen molar-refractivity contribution in [3.8, 4) is 0 Å². The van der Waals surface area contributed by atoms with Crippen LogP contribution in [0.2, 0.25) is 0 Å². The zero-order valence-electron chi connectivity index (χ0n) is 8.29. The van der Waals surface area contributed by atoms with Crippen LogP contribution in [0.5, 0.6) is 0 Å². The van der Waals surface area contributed by atoms with Crippen LogP contribution in [0.3, 0.4) is 0 Å². The van der Waals surface area contributed by atoms with Crippen LogP contribution in [-0.4, -0.2) is 0 Å². The predicted octanol–water partition coefficient (Wildman–Crippen LogP) is 3.63. The molecule has 1 aromatic rings. The van der Waals surface area contributed by atoms with E-state index in [1.165, 1.54) is 5.56 Å². The van der Waals surface area contributed by atoms with Crippen molar-refractivity contribution in [1.29, 1.82) is 0 Å². The fourth-order valence-corrected chi connectivity index (χ4v) is 0.766. The van der Waals surface area contributed by atoms with Crippen LogP contribution in [0.4, 0.5) is 0 Å². The molecule has 0 unspecified atom stereocenters. The number of benzene rings is 1. The van der Waals surface area contributed by atoms with Crippen molar-refractivity contribution in [3.63, 3.8) is 0 Å². The van der Waals surface area contributed by atoms with E-state index in [4.69, 9.17) is 0 Å². The molecule has 0 aliphatic rings. The third-order valence-corrected chi connectivity index (χ3v) is 1.36. The van der Waals surface area contributed by atoms with Crippen molar-refractivity contribution in [1.82, 2.24) is 0 Å². The number of hydrogen-bond acceptors (Lipinski definition) is 0. The maximum atomic E-state index is 3.17. The molecule has 0 atom stereocenters. The van der Waals surface area contributed by atoms with Gasteiger partial charge in [0.15, 0.2) is 0 Å². The summed E-state index contributed by atoms with van der Waals surface area (Å²) in [6.07, 6.45) is 0. The Hall–Kier alpha value is -0.0917. The fraction of sp³-hybridized carbons (Fsp3) is 0.455. The Morgan fingerprint density at radius 1 is 1.17 bits per heavy atom. The van der Waals surface area contributed by atoms with Gasteiger partial charge in [0.1, 0.15) is 0 Å². The summed E-state index contributed by atoms with van der Waals surface area (Å²) >= 11 is 0. The van der Waals surface area contributed by atoms with Crippen LogP contribution in [0.1, 0.15) is 39.2 Å². The van der Waals surface area contributed by atoms with E-state index in [1.807, 2.05) is 32.0 Å². The second kappa shape index (κ2) is 9.00. The molecule has 1 heteroatoms. The van der Waals surface area contributed by atoms with E-state index in [2.05, 4.69) is 26.0 Å². The largest absolute Gasteiger partial charge is 0.180 e. The van der Waals surface area contributed by atoms with E-state index in [0.29, 0.717) is 5.92 Å². The first-order valence-electron chi connectivity index (χ1n) is 4.27. The third kappa shape index (κ3) is 5.54. The summed E-state index contributed by atoms with van der Waals surface area (Å²) in [5, 5.41) is 0. The Balaban J connectivity index is 0. The summed E-state index contributed by atoms with van der Waals surface area (Å²) in [7, 11) is 0. The van der Waals surface area contributed by atoms with E-state index >= 15 is 0 Å². The zero-order valence-corrected chi connectivity index (χ0v) is 11.2. The SMILES string of the molecule is CC.CC(C)c1[c-]cccc1.[W]. The molecule has 0 spiro atoms. The fourth-order valence-electron chi connectivity index (χ4n) is 0.766. The van der Waals surface area contributed by atoms with Crippen molar-refractivity contribution in [3.05, 3.63) is 35.9 Å². The second-order valence-electron chi connectivity index (χ2n) is 2.47. The van der Waals surface area contributed by atoms with E-state index in [0.717, 1.165) is 0 Å². The summed E-state index contributed by atoms with van der Waals surface area (Å²) in [4.78, 5) is 0. The summed E-state index contributed by atoms with van der Waals surface area (Å²) in [5.74, 6) is 0.603. The molecule has 68 valence electrons. The number of rotatable bonds is 1. The molecule has 0 bridgehead atoms. The van der Waals surface area contributed by atoms with Gasteiger partial charge in [0.05, 0.1) is 0 Å². The minimum absolute atomic E-state index is 0. The minimum Gasteiger partial charge on any atom is -0.180 e. The molecular formula is C11H17W-. The molecular weight excluding hydrogens is 316 g/mol. The Labute approximate surface area is 90.7 Å². The Morgan fingerprint density at radius 2 is 1.75 bits per heavy atom. The van der Waals surface area contributed by atoms with Crippen molar-refractivity contribution in [2.24, 2.45) is 0 Å². The molecule has 0 N–H and O–H groups in total. The average molecular weight is 333 g/mol. The topological polar surface area (TPSA) is 0 Å². The molecule has 0 fully saturated rings. The summed E-state index contributed by atoms with van der Waals surface area (Å²) < 4.78 is 0. The van der Waals surface area contributed by atoms with Gasteiger partial charge in [-0.1, -0.05) is 27.7 Å². The zero-order chi connectivity index (χ0) is 8.69. The van der Waals surface area contributed by atoms with Gasteiger partial charge in [0.25, 0.3) is 0 Å². The predicted molar refractivity (Wildman–Crippen MR) is 50.7 cm³/mol. The van der Waals surface area contributed by atoms with Gasteiger partial charge in [0.2, 0.25) is 0 Å². The second-order valence-corrected chi connectivity index (χ2v) is 2.47. The van der Waals surface area contributed by atoms with Crippen molar-refractivity contribution >= 4 is 0 Å². The van der Waals surface area contributed by atoms with Crippen LogP contribution in [0.15, 0.2) is 24.3 Å². The Bertz CT molecular complexity index is 168. The van der Waals surface area contributed by atoms with Gasteiger partial charge >= 0.3 is 0 Å².